The number of morpholine rings is 1. The lowest BCUT2D eigenvalue weighted by molar-refractivity contribution is -0.0103. The van der Waals surface area contributed by atoms with Crippen molar-refractivity contribution in [1.82, 2.24) is 10.2 Å². The highest BCUT2D eigenvalue weighted by Crippen LogP contribution is 2.23. The molecule has 1 aliphatic heterocycles. The highest BCUT2D eigenvalue weighted by atomic mass is 35.5. The van der Waals surface area contributed by atoms with Crippen molar-refractivity contribution in [3.05, 3.63) is 33.8 Å². The molecule has 2 rings (SSSR count). The van der Waals surface area contributed by atoms with Crippen LogP contribution in [-0.2, 0) is 11.3 Å². The van der Waals surface area contributed by atoms with Crippen LogP contribution in [0.4, 0.5) is 0 Å². The molecule has 1 aromatic rings. The molecule has 3 nitrogen and oxygen atoms in total. The van der Waals surface area contributed by atoms with Crippen molar-refractivity contribution in [1.29, 1.82) is 0 Å². The Balaban J connectivity index is 2.08. The second-order valence-corrected chi connectivity index (χ2v) is 5.34. The minimum atomic E-state index is 0.388. The molecule has 1 unspecified atom stereocenters. The first-order chi connectivity index (χ1) is 8.70. The van der Waals surface area contributed by atoms with Gasteiger partial charge in [-0.25, -0.2) is 0 Å². The van der Waals surface area contributed by atoms with Gasteiger partial charge in [-0.3, -0.25) is 4.90 Å². The number of hydrogen-bond donors (Lipinski definition) is 1. The summed E-state index contributed by atoms with van der Waals surface area (Å²) in [4.78, 5) is 2.39. The second-order valence-electron chi connectivity index (χ2n) is 4.49. The van der Waals surface area contributed by atoms with Crippen molar-refractivity contribution in [3.63, 3.8) is 0 Å². The van der Waals surface area contributed by atoms with E-state index in [1.54, 1.807) is 0 Å². The van der Waals surface area contributed by atoms with E-state index in [4.69, 9.17) is 27.9 Å². The summed E-state index contributed by atoms with van der Waals surface area (Å²) in [6.45, 7) is 4.19. The molecule has 1 fully saturated rings. The summed E-state index contributed by atoms with van der Waals surface area (Å²) in [7, 11) is 1.96. The molecule has 0 spiro atoms. The van der Waals surface area contributed by atoms with Gasteiger partial charge in [0.25, 0.3) is 0 Å². The zero-order valence-electron chi connectivity index (χ0n) is 10.5. The van der Waals surface area contributed by atoms with Gasteiger partial charge in [0.1, 0.15) is 0 Å². The fraction of sp³-hybridized carbons (Fsp3) is 0.538. The highest BCUT2D eigenvalue weighted by Gasteiger charge is 2.22. The van der Waals surface area contributed by atoms with Crippen molar-refractivity contribution >= 4 is 23.2 Å². The van der Waals surface area contributed by atoms with Crippen LogP contribution in [0.1, 0.15) is 5.56 Å². The molecule has 0 aliphatic carbocycles. The molecule has 1 N–H and O–H groups in total. The molecule has 0 bridgehead atoms. The van der Waals surface area contributed by atoms with Gasteiger partial charge in [-0.2, -0.15) is 0 Å². The van der Waals surface area contributed by atoms with E-state index in [9.17, 15) is 0 Å². The topological polar surface area (TPSA) is 24.5 Å². The first kappa shape index (κ1) is 14.1. The number of rotatable bonds is 4. The Hall–Kier alpha value is -0.320. The molecule has 1 atom stereocenters. The van der Waals surface area contributed by atoms with E-state index in [-0.39, 0.29) is 0 Å². The van der Waals surface area contributed by atoms with E-state index < -0.39 is 0 Å². The van der Waals surface area contributed by atoms with Crippen molar-refractivity contribution < 1.29 is 4.74 Å². The van der Waals surface area contributed by atoms with Crippen LogP contribution in [0.25, 0.3) is 0 Å². The van der Waals surface area contributed by atoms with Gasteiger partial charge in [-0.1, -0.05) is 23.2 Å². The molecule has 0 radical (unpaired) electrons. The predicted octanol–water partition coefficient (Wildman–Crippen LogP) is 2.41. The molecule has 1 heterocycles. The Morgan fingerprint density at radius 1 is 1.44 bits per heavy atom. The summed E-state index contributed by atoms with van der Waals surface area (Å²) in [5.41, 5.74) is 1.08. The Morgan fingerprint density at radius 3 is 3.06 bits per heavy atom. The monoisotopic (exact) mass is 288 g/mol. The van der Waals surface area contributed by atoms with Gasteiger partial charge in [0, 0.05) is 35.7 Å². The van der Waals surface area contributed by atoms with E-state index in [1.165, 1.54) is 0 Å². The van der Waals surface area contributed by atoms with Crippen LogP contribution in [0.2, 0.25) is 10.0 Å². The molecule has 18 heavy (non-hydrogen) atoms. The number of nitrogens with one attached hydrogen (secondary N) is 1. The standard InChI is InChI=1S/C13H18Cl2N2O/c1-16-7-12-9-18-5-4-17(12)8-10-6-11(14)2-3-13(10)15/h2-3,6,12,16H,4-5,7-9H2,1H3. The summed E-state index contributed by atoms with van der Waals surface area (Å²) in [5, 5.41) is 4.70. The zero-order chi connectivity index (χ0) is 13.0. The van der Waals surface area contributed by atoms with E-state index in [0.717, 1.165) is 48.5 Å². The summed E-state index contributed by atoms with van der Waals surface area (Å²) < 4.78 is 5.52. The van der Waals surface area contributed by atoms with E-state index in [2.05, 4.69) is 10.2 Å². The number of hydrogen-bond acceptors (Lipinski definition) is 3. The molecule has 1 aromatic carbocycles. The molecule has 100 valence electrons. The summed E-state index contributed by atoms with van der Waals surface area (Å²) in [5.74, 6) is 0. The fourth-order valence-corrected chi connectivity index (χ4v) is 2.58. The summed E-state index contributed by atoms with van der Waals surface area (Å²) >= 11 is 12.2. The third-order valence-corrected chi connectivity index (χ3v) is 3.77. The second kappa shape index (κ2) is 6.73. The van der Waals surface area contributed by atoms with Crippen LogP contribution < -0.4 is 5.32 Å². The fourth-order valence-electron chi connectivity index (χ4n) is 2.20. The van der Waals surface area contributed by atoms with Crippen molar-refractivity contribution in [3.8, 4) is 0 Å². The van der Waals surface area contributed by atoms with Crippen LogP contribution >= 0.6 is 23.2 Å². The average Bonchev–Trinajstić information content (AvgIpc) is 2.36. The Bertz CT molecular complexity index is 399. The lowest BCUT2D eigenvalue weighted by Crippen LogP contribution is -2.49. The molecular weight excluding hydrogens is 271 g/mol. The van der Waals surface area contributed by atoms with Crippen LogP contribution in [0.3, 0.4) is 0 Å². The third kappa shape index (κ3) is 3.59. The minimum Gasteiger partial charge on any atom is -0.378 e. The van der Waals surface area contributed by atoms with Crippen molar-refractivity contribution in [2.75, 3.05) is 33.4 Å². The normalized spacial score (nSPS) is 21.2. The largest absolute Gasteiger partial charge is 0.378 e. The summed E-state index contributed by atoms with van der Waals surface area (Å²) in [6.07, 6.45) is 0. The number of benzene rings is 1. The van der Waals surface area contributed by atoms with Gasteiger partial charge in [-0.05, 0) is 30.8 Å². The lowest BCUT2D eigenvalue weighted by Gasteiger charge is -2.35. The highest BCUT2D eigenvalue weighted by molar-refractivity contribution is 6.33. The number of ether oxygens (including phenoxy) is 1. The summed E-state index contributed by atoms with van der Waals surface area (Å²) in [6, 6.07) is 6.00. The van der Waals surface area contributed by atoms with Gasteiger partial charge >= 0.3 is 0 Å². The maximum absolute atomic E-state index is 6.21. The smallest absolute Gasteiger partial charge is 0.0635 e. The third-order valence-electron chi connectivity index (χ3n) is 3.17. The van der Waals surface area contributed by atoms with Gasteiger partial charge in [0.05, 0.1) is 13.2 Å². The maximum atomic E-state index is 6.21. The molecule has 0 aromatic heterocycles. The van der Waals surface area contributed by atoms with Gasteiger partial charge in [0.15, 0.2) is 0 Å². The van der Waals surface area contributed by atoms with E-state index in [1.807, 2.05) is 25.2 Å². The average molecular weight is 289 g/mol. The Morgan fingerprint density at radius 2 is 2.28 bits per heavy atom. The zero-order valence-corrected chi connectivity index (χ0v) is 12.0. The van der Waals surface area contributed by atoms with Gasteiger partial charge in [0.2, 0.25) is 0 Å². The van der Waals surface area contributed by atoms with Gasteiger partial charge in [-0.15, -0.1) is 0 Å². The van der Waals surface area contributed by atoms with E-state index in [0.29, 0.717) is 6.04 Å². The molecule has 0 amide bonds. The van der Waals surface area contributed by atoms with Crippen LogP contribution in [-0.4, -0.2) is 44.3 Å². The van der Waals surface area contributed by atoms with Crippen LogP contribution in [0.15, 0.2) is 18.2 Å². The Labute approximate surface area is 118 Å². The van der Waals surface area contributed by atoms with E-state index >= 15 is 0 Å². The maximum Gasteiger partial charge on any atom is 0.0635 e. The number of likely N-dealkylation sites (N-methyl/N-ethyl adjacent to an activating group) is 1. The first-order valence-corrected chi connectivity index (χ1v) is 6.86. The molecule has 0 saturated carbocycles. The van der Waals surface area contributed by atoms with Crippen LogP contribution in [0, 0.1) is 0 Å². The van der Waals surface area contributed by atoms with Crippen LogP contribution in [0.5, 0.6) is 0 Å². The van der Waals surface area contributed by atoms with Crippen molar-refractivity contribution in [2.45, 2.75) is 12.6 Å². The molecule has 5 heteroatoms. The Kier molecular flexibility index (Phi) is 5.27. The first-order valence-electron chi connectivity index (χ1n) is 6.11. The predicted molar refractivity (Wildman–Crippen MR) is 75.4 cm³/mol. The van der Waals surface area contributed by atoms with Crippen molar-refractivity contribution in [2.24, 2.45) is 0 Å². The minimum absolute atomic E-state index is 0.388. The number of nitrogens with zero attached hydrogens (tertiary/aromatic N) is 1. The van der Waals surface area contributed by atoms with Gasteiger partial charge < -0.3 is 10.1 Å². The SMILES string of the molecule is CNCC1COCCN1Cc1cc(Cl)ccc1Cl. The quantitative estimate of drug-likeness (QED) is 0.921. The molecular formula is C13H18Cl2N2O. The number of halogens is 2. The molecule has 1 saturated heterocycles. The lowest BCUT2D eigenvalue weighted by atomic mass is 10.1. The molecule has 1 aliphatic rings.